The molecule has 1 heterocycles. The largest absolute Gasteiger partial charge is 0.489 e. The second-order valence-electron chi connectivity index (χ2n) is 3.05. The first-order valence-corrected chi connectivity index (χ1v) is 4.01. The topological polar surface area (TPSA) is 29.5 Å². The quantitative estimate of drug-likeness (QED) is 0.701. The van der Waals surface area contributed by atoms with Gasteiger partial charge in [-0.3, -0.25) is 0 Å². The Morgan fingerprint density at radius 3 is 2.71 bits per heavy atom. The van der Waals surface area contributed by atoms with Gasteiger partial charge in [0.15, 0.2) is 0 Å². The summed E-state index contributed by atoms with van der Waals surface area (Å²) < 4.78 is 42.0. The van der Waals surface area contributed by atoms with Crippen LogP contribution in [0.25, 0.3) is 0 Å². The van der Waals surface area contributed by atoms with E-state index in [2.05, 4.69) is 0 Å². The smallest absolute Gasteiger partial charge is 0.419 e. The lowest BCUT2D eigenvalue weighted by Gasteiger charge is -2.10. The average molecular weight is 204 g/mol. The number of rotatable bonds is 0. The Morgan fingerprint density at radius 1 is 1.36 bits per heavy atom. The summed E-state index contributed by atoms with van der Waals surface area (Å²) in [5, 5.41) is 9.28. The van der Waals surface area contributed by atoms with E-state index in [1.807, 2.05) is 0 Å². The Bertz CT molecular complexity index is 360. The molecule has 2 nitrogen and oxygen atoms in total. The number of aliphatic hydroxyl groups excluding tert-OH is 1. The number of para-hydroxylation sites is 1. The molecule has 1 aliphatic heterocycles. The first-order valence-electron chi connectivity index (χ1n) is 4.01. The molecule has 0 saturated heterocycles. The van der Waals surface area contributed by atoms with Crippen LogP contribution in [0.4, 0.5) is 13.2 Å². The van der Waals surface area contributed by atoms with E-state index in [9.17, 15) is 18.3 Å². The minimum absolute atomic E-state index is 0.109. The molecular weight excluding hydrogens is 197 g/mol. The molecule has 0 amide bonds. The third kappa shape index (κ3) is 1.33. The number of aliphatic hydroxyl groups is 1. The molecule has 1 atom stereocenters. The van der Waals surface area contributed by atoms with Crippen LogP contribution in [0.2, 0.25) is 0 Å². The zero-order valence-corrected chi connectivity index (χ0v) is 7.01. The highest BCUT2D eigenvalue weighted by atomic mass is 19.4. The highest BCUT2D eigenvalue weighted by Gasteiger charge is 2.38. The van der Waals surface area contributed by atoms with E-state index in [0.717, 1.165) is 6.07 Å². The predicted octanol–water partition coefficient (Wildman–Crippen LogP) is 2.13. The van der Waals surface area contributed by atoms with Crippen LogP contribution < -0.4 is 4.74 Å². The van der Waals surface area contributed by atoms with Gasteiger partial charge in [-0.1, -0.05) is 12.1 Å². The van der Waals surface area contributed by atoms with Crippen molar-refractivity contribution in [3.8, 4) is 5.75 Å². The maximum atomic E-state index is 12.4. The lowest BCUT2D eigenvalue weighted by molar-refractivity contribution is -0.138. The van der Waals surface area contributed by atoms with Crippen molar-refractivity contribution >= 4 is 0 Å². The predicted molar refractivity (Wildman–Crippen MR) is 41.9 cm³/mol. The Morgan fingerprint density at radius 2 is 2.07 bits per heavy atom. The molecule has 0 bridgehead atoms. The molecule has 5 heteroatoms. The third-order valence-electron chi connectivity index (χ3n) is 2.10. The van der Waals surface area contributed by atoms with E-state index in [0.29, 0.717) is 0 Å². The summed E-state index contributed by atoms with van der Waals surface area (Å²) in [5.74, 6) is -0.243. The van der Waals surface area contributed by atoms with Gasteiger partial charge in [0.05, 0.1) is 5.56 Å². The van der Waals surface area contributed by atoms with Crippen LogP contribution in [0.15, 0.2) is 18.2 Å². The molecule has 0 fully saturated rings. The molecule has 0 spiro atoms. The van der Waals surface area contributed by atoms with Crippen molar-refractivity contribution < 1.29 is 23.0 Å². The SMILES string of the molecule is OC1COc2c1cccc2C(F)(F)F. The number of hydrogen-bond donors (Lipinski definition) is 1. The summed E-state index contributed by atoms with van der Waals surface area (Å²) in [6, 6.07) is 3.64. The van der Waals surface area contributed by atoms with Crippen LogP contribution in [0.5, 0.6) is 5.75 Å². The Kier molecular flexibility index (Phi) is 1.92. The Balaban J connectivity index is 2.55. The fourth-order valence-corrected chi connectivity index (χ4v) is 1.45. The standard InChI is InChI=1S/C9H7F3O2/c10-9(11,12)6-3-1-2-5-7(13)4-14-8(5)6/h1-3,7,13H,4H2. The van der Waals surface area contributed by atoms with Crippen LogP contribution in [0.1, 0.15) is 17.2 Å². The fraction of sp³-hybridized carbons (Fsp3) is 0.333. The maximum Gasteiger partial charge on any atom is 0.419 e. The van der Waals surface area contributed by atoms with E-state index in [4.69, 9.17) is 4.74 Å². The van der Waals surface area contributed by atoms with Crippen molar-refractivity contribution in [1.29, 1.82) is 0 Å². The summed E-state index contributed by atoms with van der Waals surface area (Å²) in [6.45, 7) is -0.109. The molecule has 0 aliphatic carbocycles. The molecule has 0 radical (unpaired) electrons. The van der Waals surface area contributed by atoms with Gasteiger partial charge in [0.2, 0.25) is 0 Å². The minimum atomic E-state index is -4.44. The third-order valence-corrected chi connectivity index (χ3v) is 2.10. The average Bonchev–Trinajstić information content (AvgIpc) is 2.46. The highest BCUT2D eigenvalue weighted by Crippen LogP contribution is 2.43. The number of halogens is 3. The number of hydrogen-bond acceptors (Lipinski definition) is 2. The van der Waals surface area contributed by atoms with Crippen molar-refractivity contribution in [3.05, 3.63) is 29.3 Å². The number of ether oxygens (including phenoxy) is 1. The van der Waals surface area contributed by atoms with Gasteiger partial charge in [-0.15, -0.1) is 0 Å². The summed E-state index contributed by atoms with van der Waals surface area (Å²) >= 11 is 0. The van der Waals surface area contributed by atoms with Gasteiger partial charge >= 0.3 is 6.18 Å². The molecule has 1 aromatic carbocycles. The van der Waals surface area contributed by atoms with Gasteiger partial charge in [-0.05, 0) is 6.07 Å². The molecule has 1 aromatic rings. The molecule has 1 aliphatic rings. The molecule has 0 saturated carbocycles. The maximum absolute atomic E-state index is 12.4. The van der Waals surface area contributed by atoms with Crippen LogP contribution in [-0.4, -0.2) is 11.7 Å². The van der Waals surface area contributed by atoms with Crippen molar-refractivity contribution in [2.75, 3.05) is 6.61 Å². The molecule has 1 N–H and O–H groups in total. The Labute approximate surface area is 77.9 Å². The minimum Gasteiger partial charge on any atom is -0.489 e. The second-order valence-corrected chi connectivity index (χ2v) is 3.05. The van der Waals surface area contributed by atoms with Crippen molar-refractivity contribution in [2.24, 2.45) is 0 Å². The van der Waals surface area contributed by atoms with Gasteiger partial charge in [-0.2, -0.15) is 13.2 Å². The van der Waals surface area contributed by atoms with Crippen molar-refractivity contribution in [2.45, 2.75) is 12.3 Å². The van der Waals surface area contributed by atoms with E-state index in [1.54, 1.807) is 0 Å². The zero-order valence-electron chi connectivity index (χ0n) is 7.01. The van der Waals surface area contributed by atoms with Crippen LogP contribution in [0, 0.1) is 0 Å². The van der Waals surface area contributed by atoms with Crippen LogP contribution >= 0.6 is 0 Å². The van der Waals surface area contributed by atoms with E-state index in [-0.39, 0.29) is 17.9 Å². The number of fused-ring (bicyclic) bond motifs is 1. The van der Waals surface area contributed by atoms with Gasteiger partial charge in [0.25, 0.3) is 0 Å². The molecular formula is C9H7F3O2. The monoisotopic (exact) mass is 204 g/mol. The summed E-state index contributed by atoms with van der Waals surface area (Å²) in [5.41, 5.74) is -0.619. The summed E-state index contributed by atoms with van der Waals surface area (Å²) in [6.07, 6.45) is -5.39. The molecule has 2 rings (SSSR count). The number of alkyl halides is 3. The molecule has 1 unspecified atom stereocenters. The van der Waals surface area contributed by atoms with E-state index >= 15 is 0 Å². The molecule has 14 heavy (non-hydrogen) atoms. The van der Waals surface area contributed by atoms with Crippen molar-refractivity contribution in [1.82, 2.24) is 0 Å². The van der Waals surface area contributed by atoms with Gasteiger partial charge in [0.1, 0.15) is 18.5 Å². The normalized spacial score (nSPS) is 20.4. The first-order chi connectivity index (χ1) is 6.50. The highest BCUT2D eigenvalue weighted by molar-refractivity contribution is 5.46. The van der Waals surface area contributed by atoms with Gasteiger partial charge in [-0.25, -0.2) is 0 Å². The summed E-state index contributed by atoms with van der Waals surface area (Å²) in [4.78, 5) is 0. The van der Waals surface area contributed by atoms with Gasteiger partial charge in [0, 0.05) is 5.56 Å². The molecule has 0 aromatic heterocycles. The lowest BCUT2D eigenvalue weighted by Crippen LogP contribution is -2.06. The lowest BCUT2D eigenvalue weighted by atomic mass is 10.1. The second kappa shape index (κ2) is 2.88. The van der Waals surface area contributed by atoms with Gasteiger partial charge < -0.3 is 9.84 Å². The fourth-order valence-electron chi connectivity index (χ4n) is 1.45. The Hall–Kier alpha value is -1.23. The number of benzene rings is 1. The van der Waals surface area contributed by atoms with Crippen LogP contribution in [-0.2, 0) is 6.18 Å². The van der Waals surface area contributed by atoms with E-state index < -0.39 is 17.8 Å². The zero-order chi connectivity index (χ0) is 10.3. The molecule has 76 valence electrons. The van der Waals surface area contributed by atoms with Crippen molar-refractivity contribution in [3.63, 3.8) is 0 Å². The summed E-state index contributed by atoms with van der Waals surface area (Å²) in [7, 11) is 0. The van der Waals surface area contributed by atoms with Crippen LogP contribution in [0.3, 0.4) is 0 Å². The van der Waals surface area contributed by atoms with E-state index in [1.165, 1.54) is 12.1 Å². The first kappa shape index (κ1) is 9.33.